The van der Waals surface area contributed by atoms with Crippen molar-refractivity contribution in [2.45, 2.75) is 20.0 Å². The van der Waals surface area contributed by atoms with Crippen LogP contribution in [0.1, 0.15) is 32.6 Å². The standard InChI is InChI=1S/C15H12F3NO/c1-9-5-10(2)7-11(6-9)14(20)12-8-19-4-3-13(12)15(16,17)18/h3-8H,1-2H3. The Morgan fingerprint density at radius 3 is 2.25 bits per heavy atom. The van der Waals surface area contributed by atoms with Crippen LogP contribution in [0.2, 0.25) is 0 Å². The average Bonchev–Trinajstić information content (AvgIpc) is 2.35. The molecule has 0 atom stereocenters. The largest absolute Gasteiger partial charge is 0.417 e. The zero-order valence-corrected chi connectivity index (χ0v) is 11.0. The predicted octanol–water partition coefficient (Wildman–Crippen LogP) is 3.95. The van der Waals surface area contributed by atoms with Gasteiger partial charge in [0, 0.05) is 18.0 Å². The van der Waals surface area contributed by atoms with E-state index in [2.05, 4.69) is 4.98 Å². The summed E-state index contributed by atoms with van der Waals surface area (Å²) in [5.41, 5.74) is 0.499. The van der Waals surface area contributed by atoms with Crippen molar-refractivity contribution in [3.8, 4) is 0 Å². The molecule has 0 aliphatic rings. The normalized spacial score (nSPS) is 11.4. The minimum absolute atomic E-state index is 0.237. The number of carbonyl (C=O) groups is 1. The van der Waals surface area contributed by atoms with Crippen molar-refractivity contribution in [2.24, 2.45) is 0 Å². The van der Waals surface area contributed by atoms with Crippen molar-refractivity contribution in [1.82, 2.24) is 4.98 Å². The molecule has 20 heavy (non-hydrogen) atoms. The summed E-state index contributed by atoms with van der Waals surface area (Å²) in [5, 5.41) is 0. The lowest BCUT2D eigenvalue weighted by Gasteiger charge is -2.11. The molecule has 0 fully saturated rings. The molecular formula is C15H12F3NO. The SMILES string of the molecule is Cc1cc(C)cc(C(=O)c2cnccc2C(F)(F)F)c1. The first-order valence-corrected chi connectivity index (χ1v) is 5.93. The van der Waals surface area contributed by atoms with E-state index in [-0.39, 0.29) is 5.56 Å². The molecule has 0 spiro atoms. The number of aryl methyl sites for hydroxylation is 2. The molecule has 0 unspecified atom stereocenters. The summed E-state index contributed by atoms with van der Waals surface area (Å²) in [6.45, 7) is 3.58. The fourth-order valence-corrected chi connectivity index (χ4v) is 2.08. The van der Waals surface area contributed by atoms with E-state index in [1.807, 2.05) is 6.07 Å². The molecule has 0 saturated carbocycles. The molecule has 0 aliphatic carbocycles. The maximum atomic E-state index is 12.9. The van der Waals surface area contributed by atoms with Crippen LogP contribution in [0, 0.1) is 13.8 Å². The monoisotopic (exact) mass is 279 g/mol. The number of rotatable bonds is 2. The average molecular weight is 279 g/mol. The van der Waals surface area contributed by atoms with Gasteiger partial charge in [0.1, 0.15) is 0 Å². The van der Waals surface area contributed by atoms with Crippen LogP contribution in [-0.2, 0) is 6.18 Å². The highest BCUT2D eigenvalue weighted by Crippen LogP contribution is 2.32. The van der Waals surface area contributed by atoms with Crippen LogP contribution < -0.4 is 0 Å². The fraction of sp³-hybridized carbons (Fsp3) is 0.200. The van der Waals surface area contributed by atoms with Crippen LogP contribution in [0.4, 0.5) is 13.2 Å². The zero-order valence-electron chi connectivity index (χ0n) is 11.0. The summed E-state index contributed by atoms with van der Waals surface area (Å²) in [6, 6.07) is 5.81. The predicted molar refractivity (Wildman–Crippen MR) is 68.6 cm³/mol. The Kier molecular flexibility index (Phi) is 3.61. The van der Waals surface area contributed by atoms with E-state index in [1.165, 1.54) is 0 Å². The molecule has 0 aliphatic heterocycles. The molecule has 0 amide bonds. The van der Waals surface area contributed by atoms with Crippen molar-refractivity contribution in [2.75, 3.05) is 0 Å². The fourth-order valence-electron chi connectivity index (χ4n) is 2.08. The summed E-state index contributed by atoms with van der Waals surface area (Å²) in [6.07, 6.45) is -2.59. The molecular weight excluding hydrogens is 267 g/mol. The van der Waals surface area contributed by atoms with E-state index in [0.29, 0.717) is 0 Å². The zero-order chi connectivity index (χ0) is 14.9. The van der Waals surface area contributed by atoms with Crippen molar-refractivity contribution < 1.29 is 18.0 Å². The number of aromatic nitrogens is 1. The maximum absolute atomic E-state index is 12.9. The van der Waals surface area contributed by atoms with Gasteiger partial charge in [-0.25, -0.2) is 0 Å². The number of carbonyl (C=O) groups excluding carboxylic acids is 1. The summed E-state index contributed by atoms with van der Waals surface area (Å²) >= 11 is 0. The minimum Gasteiger partial charge on any atom is -0.289 e. The number of hydrogen-bond donors (Lipinski definition) is 0. The van der Waals surface area contributed by atoms with Crippen LogP contribution in [0.3, 0.4) is 0 Å². The van der Waals surface area contributed by atoms with Gasteiger partial charge in [-0.15, -0.1) is 0 Å². The van der Waals surface area contributed by atoms with Gasteiger partial charge in [-0.1, -0.05) is 17.2 Å². The molecule has 0 saturated heterocycles. The number of alkyl halides is 3. The third-order valence-electron chi connectivity index (χ3n) is 2.85. The Labute approximate surface area is 114 Å². The number of ketones is 1. The molecule has 1 aromatic carbocycles. The molecule has 1 heterocycles. The first kappa shape index (κ1) is 14.2. The highest BCUT2D eigenvalue weighted by molar-refractivity contribution is 6.10. The van der Waals surface area contributed by atoms with Crippen LogP contribution in [-0.4, -0.2) is 10.8 Å². The van der Waals surface area contributed by atoms with E-state index in [1.54, 1.807) is 26.0 Å². The van der Waals surface area contributed by atoms with Gasteiger partial charge in [0.05, 0.1) is 11.1 Å². The Bertz CT molecular complexity index is 642. The molecule has 2 nitrogen and oxygen atoms in total. The second-order valence-electron chi connectivity index (χ2n) is 4.62. The Morgan fingerprint density at radius 2 is 1.70 bits per heavy atom. The van der Waals surface area contributed by atoms with E-state index < -0.39 is 23.1 Å². The van der Waals surface area contributed by atoms with Crippen LogP contribution in [0.5, 0.6) is 0 Å². The van der Waals surface area contributed by atoms with E-state index >= 15 is 0 Å². The van der Waals surface area contributed by atoms with Crippen molar-refractivity contribution >= 4 is 5.78 Å². The molecule has 104 valence electrons. The third-order valence-corrected chi connectivity index (χ3v) is 2.85. The molecule has 0 radical (unpaired) electrons. The van der Waals surface area contributed by atoms with Gasteiger partial charge in [0.2, 0.25) is 0 Å². The Morgan fingerprint density at radius 1 is 1.10 bits per heavy atom. The van der Waals surface area contributed by atoms with Gasteiger partial charge in [0.15, 0.2) is 5.78 Å². The summed E-state index contributed by atoms with van der Waals surface area (Å²) in [7, 11) is 0. The molecule has 0 bridgehead atoms. The second kappa shape index (κ2) is 5.07. The van der Waals surface area contributed by atoms with Gasteiger partial charge in [-0.05, 0) is 32.0 Å². The summed E-state index contributed by atoms with van der Waals surface area (Å²) in [4.78, 5) is 15.9. The minimum atomic E-state index is -4.58. The smallest absolute Gasteiger partial charge is 0.289 e. The number of pyridine rings is 1. The van der Waals surface area contributed by atoms with Crippen LogP contribution in [0.25, 0.3) is 0 Å². The first-order chi connectivity index (χ1) is 9.29. The highest BCUT2D eigenvalue weighted by Gasteiger charge is 2.35. The highest BCUT2D eigenvalue weighted by atomic mass is 19.4. The van der Waals surface area contributed by atoms with Crippen molar-refractivity contribution in [1.29, 1.82) is 0 Å². The van der Waals surface area contributed by atoms with Crippen molar-refractivity contribution in [3.63, 3.8) is 0 Å². The number of hydrogen-bond acceptors (Lipinski definition) is 2. The Hall–Kier alpha value is -2.17. The molecule has 5 heteroatoms. The van der Waals surface area contributed by atoms with Crippen LogP contribution >= 0.6 is 0 Å². The second-order valence-corrected chi connectivity index (χ2v) is 4.62. The first-order valence-electron chi connectivity index (χ1n) is 5.93. The van der Waals surface area contributed by atoms with Gasteiger partial charge >= 0.3 is 6.18 Å². The van der Waals surface area contributed by atoms with Gasteiger partial charge < -0.3 is 0 Å². The molecule has 2 rings (SSSR count). The number of benzene rings is 1. The van der Waals surface area contributed by atoms with Gasteiger partial charge in [-0.2, -0.15) is 13.2 Å². The quantitative estimate of drug-likeness (QED) is 0.779. The van der Waals surface area contributed by atoms with Gasteiger partial charge in [-0.3, -0.25) is 9.78 Å². The van der Waals surface area contributed by atoms with Crippen molar-refractivity contribution in [3.05, 3.63) is 64.5 Å². The third kappa shape index (κ3) is 2.87. The summed E-state index contributed by atoms with van der Waals surface area (Å²) in [5.74, 6) is -0.669. The van der Waals surface area contributed by atoms with E-state index in [9.17, 15) is 18.0 Å². The van der Waals surface area contributed by atoms with Crippen LogP contribution in [0.15, 0.2) is 36.7 Å². The lowest BCUT2D eigenvalue weighted by Crippen LogP contribution is -2.14. The molecule has 2 aromatic rings. The van der Waals surface area contributed by atoms with Gasteiger partial charge in [0.25, 0.3) is 0 Å². The molecule has 1 aromatic heterocycles. The number of halogens is 3. The molecule has 0 N–H and O–H groups in total. The number of nitrogens with zero attached hydrogens (tertiary/aromatic N) is 1. The lowest BCUT2D eigenvalue weighted by atomic mass is 9.97. The summed E-state index contributed by atoms with van der Waals surface area (Å²) < 4.78 is 38.7. The topological polar surface area (TPSA) is 30.0 Å². The van der Waals surface area contributed by atoms with E-state index in [4.69, 9.17) is 0 Å². The Balaban J connectivity index is 2.54. The lowest BCUT2D eigenvalue weighted by molar-refractivity contribution is -0.137. The maximum Gasteiger partial charge on any atom is 0.417 e. The van der Waals surface area contributed by atoms with E-state index in [0.717, 1.165) is 29.6 Å².